The average Bonchev–Trinajstić information content (AvgIpc) is 1.89. The van der Waals surface area contributed by atoms with Crippen LogP contribution in [0, 0.1) is 0 Å². The molecule has 0 spiro atoms. The molecule has 0 saturated carbocycles. The van der Waals surface area contributed by atoms with Gasteiger partial charge < -0.3 is 31.3 Å². The first-order valence-electron chi connectivity index (χ1n) is 2.16. The van der Waals surface area contributed by atoms with Gasteiger partial charge in [0.05, 0.1) is 0 Å². The molecule has 0 fully saturated rings. The van der Waals surface area contributed by atoms with E-state index in [1.807, 2.05) is 0 Å². The normalized spacial score (nSPS) is 6.73. The van der Waals surface area contributed by atoms with Gasteiger partial charge in [-0.15, -0.1) is 13.1 Å². The van der Waals surface area contributed by atoms with Crippen LogP contribution in [0.25, 0.3) is 11.5 Å². The van der Waals surface area contributed by atoms with Crippen molar-refractivity contribution in [3.05, 3.63) is 11.5 Å². The Bertz CT molecular complexity index is 105. The van der Waals surface area contributed by atoms with Crippen LogP contribution in [0.2, 0.25) is 0 Å². The summed E-state index contributed by atoms with van der Waals surface area (Å²) in [6, 6.07) is 0. The van der Waals surface area contributed by atoms with Crippen LogP contribution in [0.3, 0.4) is 0 Å². The van der Waals surface area contributed by atoms with Crippen molar-refractivity contribution in [2.24, 2.45) is 0 Å². The molecule has 62 valence electrons. The second-order valence-corrected chi connectivity index (χ2v) is 1.06. The molecule has 0 aromatic rings. The first kappa shape index (κ1) is 16.8. The minimum Gasteiger partial charge on any atom is -0.803 e. The fraction of sp³-hybridized carbons (Fsp3) is 0.500. The topological polar surface area (TPSA) is 125 Å². The number of hydrogen-bond donors (Lipinski definition) is 0. The largest absolute Gasteiger partial charge is 4.00 e. The summed E-state index contributed by atoms with van der Waals surface area (Å²) in [5.74, 6) is -2.88. The van der Waals surface area contributed by atoms with E-state index in [0.29, 0.717) is 0 Å². The minimum absolute atomic E-state index is 0. The van der Waals surface area contributed by atoms with Crippen molar-refractivity contribution in [2.75, 3.05) is 13.1 Å². The number of carbonyl (C=O) groups is 2. The molecule has 0 atom stereocenters. The van der Waals surface area contributed by atoms with Crippen LogP contribution in [0.15, 0.2) is 0 Å². The predicted molar refractivity (Wildman–Crippen MR) is 26.5 cm³/mol. The SMILES string of the molecule is [Fe+4].[N-]CC(=O)[O-].[N-]CC(=O)[O-]. The maximum atomic E-state index is 9.01. The van der Waals surface area contributed by atoms with E-state index in [2.05, 4.69) is 0 Å². The molecular formula is C4H4FeN2O4. The molecule has 11 heavy (non-hydrogen) atoms. The number of carboxylic acids is 2. The zero-order valence-corrected chi connectivity index (χ0v) is 6.40. The monoisotopic (exact) mass is 200 g/mol. The van der Waals surface area contributed by atoms with E-state index in [0.717, 1.165) is 0 Å². The fourth-order valence-electron chi connectivity index (χ4n) is 0. The van der Waals surface area contributed by atoms with Crippen molar-refractivity contribution >= 4 is 11.9 Å². The molecule has 0 bridgehead atoms. The third-order valence-corrected chi connectivity index (χ3v) is 0.258. The smallest absolute Gasteiger partial charge is 0.803 e. The Kier molecular flexibility index (Phi) is 18.4. The molecule has 0 aliphatic heterocycles. The summed E-state index contributed by atoms with van der Waals surface area (Å²) in [6.45, 7) is -1.78. The van der Waals surface area contributed by atoms with Crippen LogP contribution >= 0.6 is 0 Å². The molecule has 0 aliphatic carbocycles. The van der Waals surface area contributed by atoms with E-state index in [9.17, 15) is 0 Å². The number of hydrogen-bond acceptors (Lipinski definition) is 4. The van der Waals surface area contributed by atoms with Gasteiger partial charge in [-0.3, -0.25) is 0 Å². The van der Waals surface area contributed by atoms with Crippen molar-refractivity contribution in [3.63, 3.8) is 0 Å². The maximum absolute atomic E-state index is 9.01. The number of rotatable bonds is 2. The molecule has 0 amide bonds. The number of carbonyl (C=O) groups excluding carboxylic acids is 2. The predicted octanol–water partition coefficient (Wildman–Crippen LogP) is -2.85. The molecule has 0 aromatic heterocycles. The summed E-state index contributed by atoms with van der Waals surface area (Å²) in [7, 11) is 0. The van der Waals surface area contributed by atoms with Gasteiger partial charge in [0.15, 0.2) is 0 Å². The van der Waals surface area contributed by atoms with Crippen molar-refractivity contribution < 1.29 is 36.9 Å². The third kappa shape index (κ3) is 44.7. The number of aliphatic carboxylic acids is 2. The van der Waals surface area contributed by atoms with Crippen molar-refractivity contribution in [1.82, 2.24) is 0 Å². The average molecular weight is 200 g/mol. The molecule has 6 nitrogen and oxygen atoms in total. The van der Waals surface area contributed by atoms with Crippen LogP contribution < -0.4 is 10.2 Å². The Balaban J connectivity index is -0.000000107. The molecule has 0 aliphatic rings. The Morgan fingerprint density at radius 1 is 1.00 bits per heavy atom. The van der Waals surface area contributed by atoms with E-state index in [4.69, 9.17) is 31.3 Å². The summed E-state index contributed by atoms with van der Waals surface area (Å²) < 4.78 is 0. The van der Waals surface area contributed by atoms with Gasteiger partial charge in [-0.1, -0.05) is 0 Å². The van der Waals surface area contributed by atoms with Gasteiger partial charge in [0.1, 0.15) is 0 Å². The van der Waals surface area contributed by atoms with Gasteiger partial charge in [0, 0.05) is 11.9 Å². The van der Waals surface area contributed by atoms with Crippen LogP contribution in [0.5, 0.6) is 0 Å². The van der Waals surface area contributed by atoms with Gasteiger partial charge in [-0.05, 0) is 0 Å². The quantitative estimate of drug-likeness (QED) is 0.444. The van der Waals surface area contributed by atoms with E-state index in [1.165, 1.54) is 0 Å². The minimum atomic E-state index is -1.44. The van der Waals surface area contributed by atoms with Gasteiger partial charge in [-0.2, -0.15) is 0 Å². The Morgan fingerprint density at radius 3 is 1.09 bits per heavy atom. The molecule has 0 rings (SSSR count). The summed E-state index contributed by atoms with van der Waals surface area (Å²) in [5, 5.41) is 18.0. The standard InChI is InChI=1S/2C2H3NO2.Fe/c2*3-1-2(4)5;/h2*1H2,(H,4,5);/q2*-1;+4/p-2. The summed E-state index contributed by atoms with van der Waals surface area (Å²) in [5.41, 5.74) is 15.0. The Morgan fingerprint density at radius 2 is 1.09 bits per heavy atom. The zero-order chi connectivity index (χ0) is 8.57. The fourth-order valence-corrected chi connectivity index (χ4v) is 0. The zero-order valence-electron chi connectivity index (χ0n) is 5.30. The second kappa shape index (κ2) is 12.1. The van der Waals surface area contributed by atoms with Crippen molar-refractivity contribution in [2.45, 2.75) is 0 Å². The van der Waals surface area contributed by atoms with E-state index >= 15 is 0 Å². The Hall–Kier alpha value is -0.621. The maximum Gasteiger partial charge on any atom is 4.00 e. The number of carboxylic acid groups (broad SMARTS) is 2. The van der Waals surface area contributed by atoms with Gasteiger partial charge in [0.2, 0.25) is 0 Å². The number of nitrogens with zero attached hydrogens (tertiary/aromatic N) is 2. The Labute approximate surface area is 74.0 Å². The van der Waals surface area contributed by atoms with Crippen LogP contribution in [0.4, 0.5) is 0 Å². The third-order valence-electron chi connectivity index (χ3n) is 0.258. The molecule has 7 heteroatoms. The van der Waals surface area contributed by atoms with E-state index in [-0.39, 0.29) is 17.1 Å². The summed E-state index contributed by atoms with van der Waals surface area (Å²) >= 11 is 0. The first-order valence-corrected chi connectivity index (χ1v) is 2.16. The molecule has 0 aromatic carbocycles. The van der Waals surface area contributed by atoms with Gasteiger partial charge >= 0.3 is 17.1 Å². The van der Waals surface area contributed by atoms with Gasteiger partial charge in [-0.25, -0.2) is 0 Å². The second-order valence-electron chi connectivity index (χ2n) is 1.06. The van der Waals surface area contributed by atoms with E-state index in [1.54, 1.807) is 0 Å². The van der Waals surface area contributed by atoms with Crippen molar-refractivity contribution in [1.29, 1.82) is 0 Å². The van der Waals surface area contributed by atoms with Gasteiger partial charge in [0.25, 0.3) is 0 Å². The summed E-state index contributed by atoms with van der Waals surface area (Å²) in [4.78, 5) is 18.0. The van der Waals surface area contributed by atoms with Crippen molar-refractivity contribution in [3.8, 4) is 0 Å². The molecular weight excluding hydrogens is 196 g/mol. The van der Waals surface area contributed by atoms with E-state index < -0.39 is 25.0 Å². The van der Waals surface area contributed by atoms with Crippen LogP contribution in [0.1, 0.15) is 0 Å². The molecule has 2 radical (unpaired) electrons. The molecule has 0 saturated heterocycles. The first-order chi connectivity index (χ1) is 4.54. The van der Waals surface area contributed by atoms with Crippen LogP contribution in [-0.2, 0) is 26.7 Å². The molecule has 0 heterocycles. The van der Waals surface area contributed by atoms with Crippen LogP contribution in [-0.4, -0.2) is 25.0 Å². The summed E-state index contributed by atoms with van der Waals surface area (Å²) in [6.07, 6.45) is 0. The molecule has 0 N–H and O–H groups in total. The molecule has 0 unspecified atom stereocenters.